The van der Waals surface area contributed by atoms with Gasteiger partial charge >= 0.3 is 12.1 Å². The van der Waals surface area contributed by atoms with Crippen molar-refractivity contribution in [3.05, 3.63) is 0 Å². The maximum atomic E-state index is 11.6. The molecule has 0 aliphatic carbocycles. The van der Waals surface area contributed by atoms with Crippen molar-refractivity contribution in [2.24, 2.45) is 5.73 Å². The van der Waals surface area contributed by atoms with Gasteiger partial charge in [-0.1, -0.05) is 6.92 Å². The van der Waals surface area contributed by atoms with Gasteiger partial charge in [-0.2, -0.15) is 0 Å². The third-order valence-corrected chi connectivity index (χ3v) is 2.37. The number of carbonyl (C=O) groups is 2. The molecule has 0 aliphatic heterocycles. The van der Waals surface area contributed by atoms with Gasteiger partial charge in [0.25, 0.3) is 0 Å². The molecule has 0 aromatic rings. The lowest BCUT2D eigenvalue weighted by molar-refractivity contribution is -0.143. The molecule has 6 heteroatoms. The van der Waals surface area contributed by atoms with Crippen LogP contribution in [-0.2, 0) is 14.3 Å². The van der Waals surface area contributed by atoms with Gasteiger partial charge in [0.05, 0.1) is 13.0 Å². The topological polar surface area (TPSA) is 90.6 Å². The van der Waals surface area contributed by atoms with E-state index in [0.29, 0.717) is 13.0 Å². The maximum absolute atomic E-state index is 11.6. The van der Waals surface area contributed by atoms with E-state index in [1.54, 1.807) is 27.7 Å². The molecule has 2 unspecified atom stereocenters. The number of ether oxygens (including phenoxy) is 2. The molecule has 0 aliphatic rings. The zero-order valence-electron chi connectivity index (χ0n) is 12.5. The predicted molar refractivity (Wildman–Crippen MR) is 72.7 cm³/mol. The fraction of sp³-hybridized carbons (Fsp3) is 0.846. The van der Waals surface area contributed by atoms with Gasteiger partial charge in [0.2, 0.25) is 0 Å². The molecule has 0 saturated heterocycles. The molecule has 0 aromatic carbocycles. The summed E-state index contributed by atoms with van der Waals surface area (Å²) >= 11 is 0. The van der Waals surface area contributed by atoms with Crippen LogP contribution < -0.4 is 11.1 Å². The largest absolute Gasteiger partial charge is 0.466 e. The van der Waals surface area contributed by atoms with Gasteiger partial charge in [-0.05, 0) is 34.1 Å². The Balaban J connectivity index is 4.33. The molecule has 3 N–H and O–H groups in total. The summed E-state index contributed by atoms with van der Waals surface area (Å²) in [6, 6.07) is -0.809. The third kappa shape index (κ3) is 8.42. The minimum absolute atomic E-state index is 0.0716. The summed E-state index contributed by atoms with van der Waals surface area (Å²) in [4.78, 5) is 23.0. The van der Waals surface area contributed by atoms with Crippen molar-refractivity contribution in [3.8, 4) is 0 Å². The summed E-state index contributed by atoms with van der Waals surface area (Å²) in [7, 11) is 0. The molecule has 0 rings (SSSR count). The van der Waals surface area contributed by atoms with Gasteiger partial charge in [0.15, 0.2) is 0 Å². The molecule has 0 fully saturated rings. The van der Waals surface area contributed by atoms with Gasteiger partial charge in [-0.3, -0.25) is 4.79 Å². The van der Waals surface area contributed by atoms with Crippen LogP contribution in [0.25, 0.3) is 0 Å². The Labute approximate surface area is 115 Å². The monoisotopic (exact) mass is 274 g/mol. The smallest absolute Gasteiger partial charge is 0.407 e. The Morgan fingerprint density at radius 1 is 1.26 bits per heavy atom. The zero-order valence-corrected chi connectivity index (χ0v) is 12.5. The van der Waals surface area contributed by atoms with Crippen molar-refractivity contribution >= 4 is 12.1 Å². The highest BCUT2D eigenvalue weighted by Crippen LogP contribution is 2.08. The van der Waals surface area contributed by atoms with Gasteiger partial charge in [0, 0.05) is 12.1 Å². The summed E-state index contributed by atoms with van der Waals surface area (Å²) in [5, 5.41) is 2.68. The van der Waals surface area contributed by atoms with E-state index in [4.69, 9.17) is 15.2 Å². The zero-order chi connectivity index (χ0) is 15.1. The Kier molecular flexibility index (Phi) is 7.44. The molecule has 0 heterocycles. The number of carbonyl (C=O) groups excluding carboxylic acids is 2. The first-order valence-electron chi connectivity index (χ1n) is 6.60. The molecule has 0 aromatic heterocycles. The van der Waals surface area contributed by atoms with E-state index in [9.17, 15) is 9.59 Å². The Morgan fingerprint density at radius 2 is 1.84 bits per heavy atom. The molecule has 0 saturated carbocycles. The van der Waals surface area contributed by atoms with E-state index in [1.165, 1.54) is 0 Å². The minimum Gasteiger partial charge on any atom is -0.466 e. The van der Waals surface area contributed by atoms with Crippen molar-refractivity contribution in [1.29, 1.82) is 0 Å². The van der Waals surface area contributed by atoms with E-state index in [0.717, 1.165) is 0 Å². The summed E-state index contributed by atoms with van der Waals surface area (Å²) in [5.74, 6) is -0.362. The predicted octanol–water partition coefficient (Wildman–Crippen LogP) is 1.57. The van der Waals surface area contributed by atoms with Crippen LogP contribution in [0.4, 0.5) is 4.79 Å². The van der Waals surface area contributed by atoms with Crippen molar-refractivity contribution in [3.63, 3.8) is 0 Å². The first kappa shape index (κ1) is 17.7. The van der Waals surface area contributed by atoms with Crippen LogP contribution in [0.3, 0.4) is 0 Å². The fourth-order valence-corrected chi connectivity index (χ4v) is 1.53. The Bertz CT molecular complexity index is 300. The molecule has 0 radical (unpaired) electrons. The van der Waals surface area contributed by atoms with Gasteiger partial charge in [-0.15, -0.1) is 0 Å². The lowest BCUT2D eigenvalue weighted by Crippen LogP contribution is -2.49. The quantitative estimate of drug-likeness (QED) is 0.717. The normalized spacial score (nSPS) is 14.4. The Morgan fingerprint density at radius 3 is 2.26 bits per heavy atom. The van der Waals surface area contributed by atoms with E-state index in [2.05, 4.69) is 5.32 Å². The standard InChI is InChI=1S/C13H26N2O4/c1-6-10(9(14)8-11(16)18-7-2)15-12(17)19-13(3,4)5/h9-10H,6-8,14H2,1-5H3,(H,15,17). The van der Waals surface area contributed by atoms with Crippen LogP contribution in [0.15, 0.2) is 0 Å². The molecule has 2 atom stereocenters. The number of esters is 1. The second kappa shape index (κ2) is 7.99. The summed E-state index contributed by atoms with van der Waals surface area (Å²) < 4.78 is 9.98. The molecule has 0 bridgehead atoms. The number of alkyl carbamates (subject to hydrolysis) is 1. The van der Waals surface area contributed by atoms with Crippen molar-refractivity contribution in [2.45, 2.75) is 65.1 Å². The number of amides is 1. The average molecular weight is 274 g/mol. The summed E-state index contributed by atoms with van der Waals surface area (Å²) in [6.45, 7) is 9.29. The fourth-order valence-electron chi connectivity index (χ4n) is 1.53. The highest BCUT2D eigenvalue weighted by molar-refractivity contribution is 5.71. The summed E-state index contributed by atoms with van der Waals surface area (Å²) in [5.41, 5.74) is 5.34. The number of hydrogen-bond donors (Lipinski definition) is 2. The van der Waals surface area contributed by atoms with Crippen LogP contribution in [0, 0.1) is 0 Å². The average Bonchev–Trinajstić information content (AvgIpc) is 2.23. The summed E-state index contributed by atoms with van der Waals surface area (Å²) in [6.07, 6.45) is 0.153. The highest BCUT2D eigenvalue weighted by atomic mass is 16.6. The molecular weight excluding hydrogens is 248 g/mol. The van der Waals surface area contributed by atoms with E-state index in [-0.39, 0.29) is 18.4 Å². The lowest BCUT2D eigenvalue weighted by Gasteiger charge is -2.26. The van der Waals surface area contributed by atoms with Gasteiger partial charge in [-0.25, -0.2) is 4.79 Å². The van der Waals surface area contributed by atoms with Crippen LogP contribution in [-0.4, -0.2) is 36.4 Å². The lowest BCUT2D eigenvalue weighted by atomic mass is 10.0. The SMILES string of the molecule is CCOC(=O)CC(N)C(CC)NC(=O)OC(C)(C)C. The van der Waals surface area contributed by atoms with Crippen LogP contribution in [0.1, 0.15) is 47.5 Å². The Hall–Kier alpha value is -1.30. The molecule has 112 valence electrons. The molecule has 6 nitrogen and oxygen atoms in total. The van der Waals surface area contributed by atoms with Crippen molar-refractivity contribution in [1.82, 2.24) is 5.32 Å². The van der Waals surface area contributed by atoms with Crippen molar-refractivity contribution < 1.29 is 19.1 Å². The van der Waals surface area contributed by atoms with Gasteiger partial charge < -0.3 is 20.5 Å². The van der Waals surface area contributed by atoms with E-state index >= 15 is 0 Å². The third-order valence-electron chi connectivity index (χ3n) is 2.37. The van der Waals surface area contributed by atoms with E-state index in [1.807, 2.05) is 6.92 Å². The molecule has 0 spiro atoms. The first-order chi connectivity index (χ1) is 8.69. The van der Waals surface area contributed by atoms with Crippen molar-refractivity contribution in [2.75, 3.05) is 6.61 Å². The first-order valence-corrected chi connectivity index (χ1v) is 6.60. The number of rotatable bonds is 6. The number of nitrogens with two attached hydrogens (primary N) is 1. The second-order valence-electron chi connectivity index (χ2n) is 5.33. The number of hydrogen-bond acceptors (Lipinski definition) is 5. The second-order valence-corrected chi connectivity index (χ2v) is 5.33. The highest BCUT2D eigenvalue weighted by Gasteiger charge is 2.24. The van der Waals surface area contributed by atoms with Gasteiger partial charge in [0.1, 0.15) is 5.60 Å². The maximum Gasteiger partial charge on any atom is 0.407 e. The van der Waals surface area contributed by atoms with Crippen LogP contribution >= 0.6 is 0 Å². The number of nitrogens with one attached hydrogen (secondary N) is 1. The molecular formula is C13H26N2O4. The molecule has 19 heavy (non-hydrogen) atoms. The molecule has 1 amide bonds. The van der Waals surface area contributed by atoms with Crippen LogP contribution in [0.5, 0.6) is 0 Å². The minimum atomic E-state index is -0.562. The van der Waals surface area contributed by atoms with Crippen LogP contribution in [0.2, 0.25) is 0 Å². The van der Waals surface area contributed by atoms with E-state index < -0.39 is 17.7 Å².